The van der Waals surface area contributed by atoms with E-state index in [2.05, 4.69) is 20.8 Å². The van der Waals surface area contributed by atoms with E-state index in [1.165, 1.54) is 0 Å². The summed E-state index contributed by atoms with van der Waals surface area (Å²) in [7, 11) is -2.92. The van der Waals surface area contributed by atoms with Crippen LogP contribution in [0.1, 0.15) is 41.0 Å². The third-order valence-corrected chi connectivity index (χ3v) is 5.22. The topological polar surface area (TPSA) is 60.2 Å². The summed E-state index contributed by atoms with van der Waals surface area (Å²) in [5.74, 6) is 0.523. The molecule has 0 heterocycles. The molecule has 0 fully saturated rings. The van der Waals surface area contributed by atoms with Crippen LogP contribution in [0.4, 0.5) is 0 Å². The zero-order chi connectivity index (χ0) is 12.3. The third-order valence-electron chi connectivity index (χ3n) is 2.98. The molecule has 0 saturated heterocycles. The Morgan fingerprint density at radius 2 is 1.67 bits per heavy atom. The quantitative estimate of drug-likeness (QED) is 0.790. The molecule has 4 heteroatoms. The number of hydrogen-bond donors (Lipinski definition) is 1. The molecule has 2 N–H and O–H groups in total. The first kappa shape index (κ1) is 14.9. The van der Waals surface area contributed by atoms with Crippen molar-refractivity contribution >= 4 is 9.84 Å². The lowest BCUT2D eigenvalue weighted by Gasteiger charge is -2.29. The highest BCUT2D eigenvalue weighted by molar-refractivity contribution is 7.91. The Balaban J connectivity index is 4.38. The summed E-state index contributed by atoms with van der Waals surface area (Å²) in [6.07, 6.45) is 0.667. The molecular weight excluding hydrogens is 210 g/mol. The van der Waals surface area contributed by atoms with Crippen LogP contribution in [0.2, 0.25) is 0 Å². The fourth-order valence-electron chi connectivity index (χ4n) is 1.45. The van der Waals surface area contributed by atoms with E-state index in [1.807, 2.05) is 0 Å². The summed E-state index contributed by atoms with van der Waals surface area (Å²) in [6, 6.07) is 0. The molecule has 92 valence electrons. The largest absolute Gasteiger partial charge is 0.330 e. The molecule has 0 aromatic rings. The molecule has 3 nitrogen and oxygen atoms in total. The first-order chi connectivity index (χ1) is 6.61. The molecule has 1 unspecified atom stereocenters. The highest BCUT2D eigenvalue weighted by Crippen LogP contribution is 2.28. The standard InChI is InChI=1S/C11H25NO2S/c1-9(2)15(13,14)7-6-10(8-12)11(3,4)5/h9-10H,6-8,12H2,1-5H3. The zero-order valence-electron chi connectivity index (χ0n) is 10.6. The van der Waals surface area contributed by atoms with Gasteiger partial charge in [-0.3, -0.25) is 0 Å². The second-order valence-corrected chi connectivity index (χ2v) is 8.18. The van der Waals surface area contributed by atoms with Crippen LogP contribution in [0.15, 0.2) is 0 Å². The van der Waals surface area contributed by atoms with Crippen molar-refractivity contribution in [1.82, 2.24) is 0 Å². The van der Waals surface area contributed by atoms with Gasteiger partial charge in [-0.25, -0.2) is 8.42 Å². The van der Waals surface area contributed by atoms with Crippen molar-refractivity contribution in [3.8, 4) is 0 Å². The number of nitrogens with two attached hydrogens (primary N) is 1. The molecule has 0 aliphatic carbocycles. The van der Waals surface area contributed by atoms with Gasteiger partial charge in [-0.05, 0) is 38.1 Å². The van der Waals surface area contributed by atoms with Crippen molar-refractivity contribution in [1.29, 1.82) is 0 Å². The fourth-order valence-corrected chi connectivity index (χ4v) is 2.53. The average Bonchev–Trinajstić information content (AvgIpc) is 2.02. The monoisotopic (exact) mass is 235 g/mol. The number of rotatable bonds is 5. The van der Waals surface area contributed by atoms with Crippen molar-refractivity contribution in [3.05, 3.63) is 0 Å². The molecule has 1 atom stereocenters. The van der Waals surface area contributed by atoms with Crippen LogP contribution < -0.4 is 5.73 Å². The van der Waals surface area contributed by atoms with Gasteiger partial charge < -0.3 is 5.73 Å². The van der Waals surface area contributed by atoms with Gasteiger partial charge in [0.05, 0.1) is 11.0 Å². The first-order valence-corrected chi connectivity index (χ1v) is 7.24. The maximum Gasteiger partial charge on any atom is 0.152 e. The zero-order valence-corrected chi connectivity index (χ0v) is 11.4. The van der Waals surface area contributed by atoms with Crippen molar-refractivity contribution in [2.24, 2.45) is 17.1 Å². The van der Waals surface area contributed by atoms with E-state index in [9.17, 15) is 8.42 Å². The molecule has 0 amide bonds. The first-order valence-electron chi connectivity index (χ1n) is 5.53. The second kappa shape index (κ2) is 5.30. The van der Waals surface area contributed by atoms with Gasteiger partial charge in [0.15, 0.2) is 9.84 Å². The minimum atomic E-state index is -2.92. The van der Waals surface area contributed by atoms with Crippen LogP contribution in [0.5, 0.6) is 0 Å². The molecule has 0 spiro atoms. The van der Waals surface area contributed by atoms with Gasteiger partial charge in [-0.2, -0.15) is 0 Å². The molecule has 0 saturated carbocycles. The van der Waals surface area contributed by atoms with Gasteiger partial charge in [0, 0.05) is 0 Å². The van der Waals surface area contributed by atoms with Crippen molar-refractivity contribution < 1.29 is 8.42 Å². The molecule has 0 rings (SSSR count). The van der Waals surface area contributed by atoms with Gasteiger partial charge in [-0.1, -0.05) is 20.8 Å². The van der Waals surface area contributed by atoms with Crippen molar-refractivity contribution in [2.75, 3.05) is 12.3 Å². The summed E-state index contributed by atoms with van der Waals surface area (Å²) < 4.78 is 23.3. The summed E-state index contributed by atoms with van der Waals surface area (Å²) in [5.41, 5.74) is 5.75. The van der Waals surface area contributed by atoms with Gasteiger partial charge in [-0.15, -0.1) is 0 Å². The fraction of sp³-hybridized carbons (Fsp3) is 1.00. The molecule has 0 radical (unpaired) electrons. The van der Waals surface area contributed by atoms with Crippen molar-refractivity contribution in [3.63, 3.8) is 0 Å². The average molecular weight is 235 g/mol. The highest BCUT2D eigenvalue weighted by atomic mass is 32.2. The van der Waals surface area contributed by atoms with Crippen LogP contribution in [0.25, 0.3) is 0 Å². The maximum atomic E-state index is 11.6. The van der Waals surface area contributed by atoms with Crippen LogP contribution in [-0.2, 0) is 9.84 Å². The maximum absolute atomic E-state index is 11.6. The van der Waals surface area contributed by atoms with E-state index in [0.29, 0.717) is 13.0 Å². The van der Waals surface area contributed by atoms with Crippen LogP contribution in [-0.4, -0.2) is 26.0 Å². The third kappa shape index (κ3) is 4.98. The summed E-state index contributed by atoms with van der Waals surface area (Å²) in [6.45, 7) is 10.3. The van der Waals surface area contributed by atoms with E-state index < -0.39 is 9.84 Å². The molecule has 0 aromatic carbocycles. The predicted octanol–water partition coefficient (Wildman–Crippen LogP) is 1.82. The number of hydrogen-bond acceptors (Lipinski definition) is 3. The molecular formula is C11H25NO2S. The Morgan fingerprint density at radius 3 is 1.93 bits per heavy atom. The summed E-state index contributed by atoms with van der Waals surface area (Å²) in [4.78, 5) is 0. The summed E-state index contributed by atoms with van der Waals surface area (Å²) >= 11 is 0. The van der Waals surface area contributed by atoms with E-state index in [1.54, 1.807) is 13.8 Å². The Morgan fingerprint density at radius 1 is 1.20 bits per heavy atom. The highest BCUT2D eigenvalue weighted by Gasteiger charge is 2.26. The minimum absolute atomic E-state index is 0.0846. The van der Waals surface area contributed by atoms with Gasteiger partial charge in [0.2, 0.25) is 0 Å². The van der Waals surface area contributed by atoms with Gasteiger partial charge >= 0.3 is 0 Å². The second-order valence-electron chi connectivity index (χ2n) is 5.50. The van der Waals surface area contributed by atoms with E-state index in [4.69, 9.17) is 5.73 Å². The normalized spacial score (nSPS) is 15.7. The molecule has 0 aliphatic rings. The van der Waals surface area contributed by atoms with Crippen LogP contribution in [0, 0.1) is 11.3 Å². The van der Waals surface area contributed by atoms with Gasteiger partial charge in [0.1, 0.15) is 0 Å². The Bertz CT molecular complexity index is 275. The SMILES string of the molecule is CC(C)S(=O)(=O)CCC(CN)C(C)(C)C. The van der Waals surface area contributed by atoms with Crippen LogP contribution in [0.3, 0.4) is 0 Å². The Kier molecular flexibility index (Phi) is 5.27. The lowest BCUT2D eigenvalue weighted by atomic mass is 9.79. The Hall–Kier alpha value is -0.0900. The lowest BCUT2D eigenvalue weighted by molar-refractivity contribution is 0.241. The van der Waals surface area contributed by atoms with Gasteiger partial charge in [0.25, 0.3) is 0 Å². The van der Waals surface area contributed by atoms with E-state index in [0.717, 1.165) is 0 Å². The van der Waals surface area contributed by atoms with E-state index in [-0.39, 0.29) is 22.3 Å². The predicted molar refractivity (Wildman–Crippen MR) is 65.5 cm³/mol. The number of sulfone groups is 1. The smallest absolute Gasteiger partial charge is 0.152 e. The minimum Gasteiger partial charge on any atom is -0.330 e. The lowest BCUT2D eigenvalue weighted by Crippen LogP contribution is -2.31. The summed E-state index contributed by atoms with van der Waals surface area (Å²) in [5, 5.41) is -0.282. The van der Waals surface area contributed by atoms with Crippen molar-refractivity contribution in [2.45, 2.75) is 46.3 Å². The molecule has 15 heavy (non-hydrogen) atoms. The molecule has 0 aliphatic heterocycles. The van der Waals surface area contributed by atoms with E-state index >= 15 is 0 Å². The molecule has 0 bridgehead atoms. The Labute approximate surface area is 94.4 Å². The van der Waals surface area contributed by atoms with Crippen LogP contribution >= 0.6 is 0 Å². The molecule has 0 aromatic heterocycles.